The Morgan fingerprint density at radius 2 is 2.33 bits per heavy atom. The number of hydrogen-bond acceptors (Lipinski definition) is 3. The summed E-state index contributed by atoms with van der Waals surface area (Å²) >= 11 is 0. The van der Waals surface area contributed by atoms with E-state index in [1.54, 1.807) is 4.68 Å². The zero-order chi connectivity index (χ0) is 10.6. The summed E-state index contributed by atoms with van der Waals surface area (Å²) in [5, 5.41) is 5.05. The van der Waals surface area contributed by atoms with Crippen LogP contribution in [0.5, 0.6) is 0 Å². The summed E-state index contributed by atoms with van der Waals surface area (Å²) < 4.78 is 1.71. The van der Waals surface area contributed by atoms with Gasteiger partial charge in [-0.25, -0.2) is 0 Å². The molecule has 3 rings (SSSR count). The third-order valence-electron chi connectivity index (χ3n) is 2.89. The number of aryl methyl sites for hydroxylation is 1. The maximum absolute atomic E-state index is 11.9. The first kappa shape index (κ1) is 8.52. The maximum atomic E-state index is 11.9. The van der Waals surface area contributed by atoms with E-state index in [2.05, 4.69) is 10.1 Å². The Labute approximate surface area is 85.9 Å². The first-order valence-corrected chi connectivity index (χ1v) is 5.02. The molecule has 15 heavy (non-hydrogen) atoms. The van der Waals surface area contributed by atoms with Gasteiger partial charge in [0, 0.05) is 19.2 Å². The first-order valence-electron chi connectivity index (χ1n) is 5.02. The summed E-state index contributed by atoms with van der Waals surface area (Å²) in [6, 6.07) is 0. The van der Waals surface area contributed by atoms with Crippen LogP contribution in [0.2, 0.25) is 0 Å². The third-order valence-corrected chi connectivity index (χ3v) is 2.89. The molecule has 0 saturated heterocycles. The SMILES string of the molecule is Cn1nc(C2CC2)c2c(=O)c(N)c[nH]c21. The summed E-state index contributed by atoms with van der Waals surface area (Å²) in [6.07, 6.45) is 3.78. The van der Waals surface area contributed by atoms with E-state index in [-0.39, 0.29) is 11.1 Å². The molecule has 5 nitrogen and oxygen atoms in total. The van der Waals surface area contributed by atoms with Crippen molar-refractivity contribution in [3.63, 3.8) is 0 Å². The highest BCUT2D eigenvalue weighted by atomic mass is 16.1. The van der Waals surface area contributed by atoms with Gasteiger partial charge in [-0.05, 0) is 12.8 Å². The Morgan fingerprint density at radius 1 is 1.60 bits per heavy atom. The number of anilines is 1. The predicted octanol–water partition coefficient (Wildman–Crippen LogP) is 0.721. The molecule has 0 aliphatic heterocycles. The lowest BCUT2D eigenvalue weighted by atomic mass is 10.2. The van der Waals surface area contributed by atoms with Crippen molar-refractivity contribution < 1.29 is 0 Å². The van der Waals surface area contributed by atoms with Gasteiger partial charge in [-0.1, -0.05) is 0 Å². The number of aromatic nitrogens is 3. The van der Waals surface area contributed by atoms with Crippen LogP contribution in [-0.2, 0) is 7.05 Å². The lowest BCUT2D eigenvalue weighted by Crippen LogP contribution is -2.09. The second kappa shape index (κ2) is 2.62. The average molecular weight is 204 g/mol. The second-order valence-corrected chi connectivity index (χ2v) is 4.08. The van der Waals surface area contributed by atoms with Crippen LogP contribution in [-0.4, -0.2) is 14.8 Å². The van der Waals surface area contributed by atoms with E-state index in [0.29, 0.717) is 11.3 Å². The molecule has 2 aromatic heterocycles. The lowest BCUT2D eigenvalue weighted by molar-refractivity contribution is 0.759. The molecule has 0 radical (unpaired) electrons. The molecule has 0 aromatic carbocycles. The number of pyridine rings is 1. The summed E-state index contributed by atoms with van der Waals surface area (Å²) in [5.41, 5.74) is 7.43. The number of aromatic amines is 1. The quantitative estimate of drug-likeness (QED) is 0.718. The predicted molar refractivity (Wildman–Crippen MR) is 57.7 cm³/mol. The van der Waals surface area contributed by atoms with Gasteiger partial charge in [0.15, 0.2) is 0 Å². The standard InChI is InChI=1S/C10H12N4O/c1-14-10-7(8(13-14)5-2-3-5)9(15)6(11)4-12-10/h4-5H,2-3,11H2,1H3,(H,12,15). The van der Waals surface area contributed by atoms with Crippen LogP contribution in [0, 0.1) is 0 Å². The Kier molecular flexibility index (Phi) is 1.49. The molecule has 2 heterocycles. The van der Waals surface area contributed by atoms with Crippen LogP contribution >= 0.6 is 0 Å². The van der Waals surface area contributed by atoms with Crippen molar-refractivity contribution in [1.82, 2.24) is 14.8 Å². The van der Waals surface area contributed by atoms with Gasteiger partial charge in [-0.2, -0.15) is 5.10 Å². The number of nitrogen functional groups attached to an aromatic ring is 1. The van der Waals surface area contributed by atoms with Crippen LogP contribution in [0.1, 0.15) is 24.5 Å². The molecule has 0 spiro atoms. The van der Waals surface area contributed by atoms with Gasteiger partial charge in [0.05, 0.1) is 16.8 Å². The lowest BCUT2D eigenvalue weighted by Gasteiger charge is -1.95. The molecule has 0 unspecified atom stereocenters. The molecule has 78 valence electrons. The van der Waals surface area contributed by atoms with Crippen molar-refractivity contribution in [3.05, 3.63) is 22.1 Å². The first-order chi connectivity index (χ1) is 7.18. The van der Waals surface area contributed by atoms with Gasteiger partial charge in [0.2, 0.25) is 5.43 Å². The van der Waals surface area contributed by atoms with Gasteiger partial charge >= 0.3 is 0 Å². The Bertz CT molecular complexity index is 591. The highest BCUT2D eigenvalue weighted by Gasteiger charge is 2.30. The number of rotatable bonds is 1. The third kappa shape index (κ3) is 1.09. The Morgan fingerprint density at radius 3 is 3.00 bits per heavy atom. The van der Waals surface area contributed by atoms with Gasteiger partial charge in [-0.3, -0.25) is 9.48 Å². The summed E-state index contributed by atoms with van der Waals surface area (Å²) in [6.45, 7) is 0. The van der Waals surface area contributed by atoms with Crippen molar-refractivity contribution in [3.8, 4) is 0 Å². The topological polar surface area (TPSA) is 76.7 Å². The highest BCUT2D eigenvalue weighted by Crippen LogP contribution is 2.41. The smallest absolute Gasteiger partial charge is 0.215 e. The van der Waals surface area contributed by atoms with Gasteiger partial charge in [-0.15, -0.1) is 0 Å². The number of nitrogens with zero attached hydrogens (tertiary/aromatic N) is 2. The van der Waals surface area contributed by atoms with E-state index >= 15 is 0 Å². The number of fused-ring (bicyclic) bond motifs is 1. The van der Waals surface area contributed by atoms with E-state index in [0.717, 1.165) is 24.2 Å². The molecule has 1 saturated carbocycles. The van der Waals surface area contributed by atoms with E-state index in [9.17, 15) is 4.79 Å². The average Bonchev–Trinajstić information content (AvgIpc) is 2.98. The highest BCUT2D eigenvalue weighted by molar-refractivity contribution is 5.81. The van der Waals surface area contributed by atoms with Gasteiger partial charge < -0.3 is 10.7 Å². The molecule has 1 fully saturated rings. The minimum Gasteiger partial charge on any atom is -0.394 e. The van der Waals surface area contributed by atoms with Gasteiger partial charge in [0.25, 0.3) is 0 Å². The largest absolute Gasteiger partial charge is 0.394 e. The molecule has 1 aliphatic rings. The molecular weight excluding hydrogens is 192 g/mol. The van der Waals surface area contributed by atoms with Crippen LogP contribution < -0.4 is 11.2 Å². The fraction of sp³-hybridized carbons (Fsp3) is 0.400. The summed E-state index contributed by atoms with van der Waals surface area (Å²) in [7, 11) is 1.83. The van der Waals surface area contributed by atoms with Crippen molar-refractivity contribution >= 4 is 16.7 Å². The number of nitrogens with one attached hydrogen (secondary N) is 1. The van der Waals surface area contributed by atoms with Crippen molar-refractivity contribution in [2.75, 3.05) is 5.73 Å². The molecule has 0 amide bonds. The summed E-state index contributed by atoms with van der Waals surface area (Å²) in [5.74, 6) is 0.455. The molecule has 0 atom stereocenters. The zero-order valence-corrected chi connectivity index (χ0v) is 8.45. The Hall–Kier alpha value is -1.78. The van der Waals surface area contributed by atoms with Crippen molar-refractivity contribution in [2.45, 2.75) is 18.8 Å². The molecule has 0 bridgehead atoms. The monoisotopic (exact) mass is 204 g/mol. The van der Waals surface area contributed by atoms with Crippen LogP contribution in [0.3, 0.4) is 0 Å². The van der Waals surface area contributed by atoms with Crippen molar-refractivity contribution in [1.29, 1.82) is 0 Å². The number of H-pyrrole nitrogens is 1. The Balaban J connectivity index is 2.46. The zero-order valence-electron chi connectivity index (χ0n) is 8.45. The van der Waals surface area contributed by atoms with E-state index in [1.165, 1.54) is 6.20 Å². The summed E-state index contributed by atoms with van der Waals surface area (Å²) in [4.78, 5) is 14.9. The number of nitrogens with two attached hydrogens (primary N) is 1. The maximum Gasteiger partial charge on any atom is 0.215 e. The van der Waals surface area contributed by atoms with Crippen LogP contribution in [0.25, 0.3) is 11.0 Å². The van der Waals surface area contributed by atoms with Gasteiger partial charge in [0.1, 0.15) is 5.65 Å². The second-order valence-electron chi connectivity index (χ2n) is 4.08. The molecule has 5 heteroatoms. The fourth-order valence-corrected chi connectivity index (χ4v) is 1.93. The molecule has 3 N–H and O–H groups in total. The molecule has 1 aliphatic carbocycles. The minimum absolute atomic E-state index is 0.0984. The fourth-order valence-electron chi connectivity index (χ4n) is 1.93. The van der Waals surface area contributed by atoms with E-state index in [4.69, 9.17) is 5.73 Å². The van der Waals surface area contributed by atoms with Crippen LogP contribution in [0.15, 0.2) is 11.0 Å². The normalized spacial score (nSPS) is 16.1. The van der Waals surface area contributed by atoms with Crippen LogP contribution in [0.4, 0.5) is 5.69 Å². The minimum atomic E-state index is -0.0984. The molecular formula is C10H12N4O. The molecule has 2 aromatic rings. The van der Waals surface area contributed by atoms with Crippen molar-refractivity contribution in [2.24, 2.45) is 7.05 Å². The number of hydrogen-bond donors (Lipinski definition) is 2. The van der Waals surface area contributed by atoms with E-state index < -0.39 is 0 Å². The van der Waals surface area contributed by atoms with E-state index in [1.807, 2.05) is 7.05 Å².